The molecule has 112 valence electrons. The van der Waals surface area contributed by atoms with E-state index in [1.54, 1.807) is 7.05 Å². The monoisotopic (exact) mass is 286 g/mol. The largest absolute Gasteiger partial charge is 0.373 e. The zero-order valence-electron chi connectivity index (χ0n) is 12.8. The summed E-state index contributed by atoms with van der Waals surface area (Å²) >= 11 is 0. The van der Waals surface area contributed by atoms with Crippen molar-refractivity contribution in [2.75, 3.05) is 25.5 Å². The number of nitrogens with two attached hydrogens (primary N) is 1. The van der Waals surface area contributed by atoms with Crippen LogP contribution in [0.5, 0.6) is 0 Å². The molecule has 3 N–H and O–H groups in total. The van der Waals surface area contributed by atoms with E-state index in [9.17, 15) is 4.79 Å². The van der Waals surface area contributed by atoms with Gasteiger partial charge in [0.2, 0.25) is 5.91 Å². The van der Waals surface area contributed by atoms with Gasteiger partial charge in [-0.3, -0.25) is 9.78 Å². The lowest BCUT2D eigenvalue weighted by atomic mass is 10.1. The number of anilines is 1. The Morgan fingerprint density at radius 2 is 2.14 bits per heavy atom. The van der Waals surface area contributed by atoms with Gasteiger partial charge in [-0.1, -0.05) is 25.1 Å². The molecule has 0 aliphatic heterocycles. The number of hydrogen-bond donors (Lipinski definition) is 2. The number of amides is 1. The van der Waals surface area contributed by atoms with Gasteiger partial charge in [-0.25, -0.2) is 0 Å². The molecule has 1 atom stereocenters. The van der Waals surface area contributed by atoms with E-state index in [1.165, 1.54) is 0 Å². The van der Waals surface area contributed by atoms with Crippen molar-refractivity contribution in [2.45, 2.75) is 13.5 Å². The van der Waals surface area contributed by atoms with E-state index in [4.69, 9.17) is 5.73 Å². The summed E-state index contributed by atoms with van der Waals surface area (Å²) in [5, 5.41) is 3.75. The van der Waals surface area contributed by atoms with Crippen LogP contribution in [0.3, 0.4) is 0 Å². The van der Waals surface area contributed by atoms with Crippen LogP contribution in [0.15, 0.2) is 30.5 Å². The van der Waals surface area contributed by atoms with Gasteiger partial charge in [-0.15, -0.1) is 0 Å². The number of pyridine rings is 1. The minimum atomic E-state index is -0.0995. The summed E-state index contributed by atoms with van der Waals surface area (Å²) in [6.45, 7) is 2.97. The molecular formula is C16H22N4O. The van der Waals surface area contributed by atoms with Crippen LogP contribution in [0.4, 0.5) is 5.69 Å². The van der Waals surface area contributed by atoms with Crippen molar-refractivity contribution in [1.29, 1.82) is 0 Å². The number of para-hydroxylation sites is 1. The number of fused-ring (bicyclic) bond motifs is 1. The number of carbonyl (C=O) groups is 1. The van der Waals surface area contributed by atoms with Gasteiger partial charge in [0, 0.05) is 44.3 Å². The molecule has 0 bridgehead atoms. The molecular weight excluding hydrogens is 264 g/mol. The smallest absolute Gasteiger partial charge is 0.224 e. The summed E-state index contributed by atoms with van der Waals surface area (Å²) in [7, 11) is 3.65. The first-order valence-corrected chi connectivity index (χ1v) is 7.08. The van der Waals surface area contributed by atoms with E-state index >= 15 is 0 Å². The number of rotatable bonds is 5. The third-order valence-electron chi connectivity index (χ3n) is 3.67. The van der Waals surface area contributed by atoms with Gasteiger partial charge in [-0.05, 0) is 6.07 Å². The molecule has 0 saturated heterocycles. The Kier molecular flexibility index (Phi) is 4.75. The lowest BCUT2D eigenvalue weighted by Gasteiger charge is -2.26. The van der Waals surface area contributed by atoms with Crippen LogP contribution in [0.25, 0.3) is 10.9 Å². The summed E-state index contributed by atoms with van der Waals surface area (Å²) in [6.07, 6.45) is 1.82. The molecule has 2 rings (SSSR count). The second-order valence-corrected chi connectivity index (χ2v) is 5.25. The summed E-state index contributed by atoms with van der Waals surface area (Å²) in [4.78, 5) is 18.3. The maximum absolute atomic E-state index is 11.7. The van der Waals surface area contributed by atoms with Gasteiger partial charge < -0.3 is 16.0 Å². The first kappa shape index (κ1) is 15.3. The molecule has 1 amide bonds. The van der Waals surface area contributed by atoms with Crippen molar-refractivity contribution < 1.29 is 4.79 Å². The van der Waals surface area contributed by atoms with Gasteiger partial charge in [0.05, 0.1) is 17.1 Å². The Morgan fingerprint density at radius 3 is 2.81 bits per heavy atom. The fourth-order valence-corrected chi connectivity index (χ4v) is 2.60. The van der Waals surface area contributed by atoms with E-state index in [-0.39, 0.29) is 11.8 Å². The fraction of sp³-hybridized carbons (Fsp3) is 0.375. The SMILES string of the molecule is CNC(=O)C(C)CN(C)c1c(CN)cnc2ccccc12. The highest BCUT2D eigenvalue weighted by Crippen LogP contribution is 2.29. The fourth-order valence-electron chi connectivity index (χ4n) is 2.60. The molecule has 21 heavy (non-hydrogen) atoms. The molecule has 0 spiro atoms. The summed E-state index contributed by atoms with van der Waals surface area (Å²) in [5.41, 5.74) is 8.83. The second-order valence-electron chi connectivity index (χ2n) is 5.25. The molecule has 5 heteroatoms. The molecule has 0 radical (unpaired) electrons. The number of aromatic nitrogens is 1. The molecule has 1 unspecified atom stereocenters. The molecule has 1 aromatic heterocycles. The third kappa shape index (κ3) is 3.13. The van der Waals surface area contributed by atoms with E-state index < -0.39 is 0 Å². The van der Waals surface area contributed by atoms with Crippen LogP contribution in [-0.4, -0.2) is 31.5 Å². The van der Waals surface area contributed by atoms with Gasteiger partial charge >= 0.3 is 0 Å². The number of hydrogen-bond acceptors (Lipinski definition) is 4. The highest BCUT2D eigenvalue weighted by molar-refractivity contribution is 5.93. The molecule has 2 aromatic rings. The minimum absolute atomic E-state index is 0.0366. The average molecular weight is 286 g/mol. The van der Waals surface area contributed by atoms with Crippen molar-refractivity contribution in [2.24, 2.45) is 11.7 Å². The summed E-state index contributed by atoms with van der Waals surface area (Å²) in [5.74, 6) is -0.0629. The van der Waals surface area contributed by atoms with Crippen molar-refractivity contribution >= 4 is 22.5 Å². The van der Waals surface area contributed by atoms with Gasteiger partial charge in [0.15, 0.2) is 0 Å². The second kappa shape index (κ2) is 6.54. The highest BCUT2D eigenvalue weighted by atomic mass is 16.1. The lowest BCUT2D eigenvalue weighted by molar-refractivity contribution is -0.123. The highest BCUT2D eigenvalue weighted by Gasteiger charge is 2.17. The summed E-state index contributed by atoms with van der Waals surface area (Å²) < 4.78 is 0. The normalized spacial score (nSPS) is 12.2. The maximum atomic E-state index is 11.7. The molecule has 5 nitrogen and oxygen atoms in total. The Hall–Kier alpha value is -2.14. The molecule has 1 aromatic carbocycles. The number of nitrogens with zero attached hydrogens (tertiary/aromatic N) is 2. The van der Waals surface area contributed by atoms with E-state index in [0.29, 0.717) is 13.1 Å². The molecule has 0 aliphatic rings. The van der Waals surface area contributed by atoms with Crippen molar-refractivity contribution in [3.05, 3.63) is 36.0 Å². The van der Waals surface area contributed by atoms with Crippen LogP contribution >= 0.6 is 0 Å². The van der Waals surface area contributed by atoms with Crippen LogP contribution in [0.2, 0.25) is 0 Å². The summed E-state index contributed by atoms with van der Waals surface area (Å²) in [6, 6.07) is 7.98. The Labute approximate surface area is 125 Å². The average Bonchev–Trinajstić information content (AvgIpc) is 2.52. The quantitative estimate of drug-likeness (QED) is 0.874. The standard InChI is InChI=1S/C16H22N4O/c1-11(16(21)18-2)10-20(3)15-12(8-17)9-19-14-7-5-4-6-13(14)15/h4-7,9,11H,8,10,17H2,1-3H3,(H,18,21). The third-order valence-corrected chi connectivity index (χ3v) is 3.67. The van der Waals surface area contributed by atoms with Crippen LogP contribution in [0.1, 0.15) is 12.5 Å². The van der Waals surface area contributed by atoms with Crippen molar-refractivity contribution in [1.82, 2.24) is 10.3 Å². The predicted octanol–water partition coefficient (Wildman–Crippen LogP) is 1.51. The molecule has 0 aliphatic carbocycles. The zero-order chi connectivity index (χ0) is 15.4. The van der Waals surface area contributed by atoms with Gasteiger partial charge in [0.25, 0.3) is 0 Å². The predicted molar refractivity (Wildman–Crippen MR) is 86.1 cm³/mol. The van der Waals surface area contributed by atoms with Crippen LogP contribution in [0, 0.1) is 5.92 Å². The van der Waals surface area contributed by atoms with E-state index in [0.717, 1.165) is 22.2 Å². The van der Waals surface area contributed by atoms with Crippen molar-refractivity contribution in [3.63, 3.8) is 0 Å². The zero-order valence-corrected chi connectivity index (χ0v) is 12.8. The molecule has 0 saturated carbocycles. The number of nitrogens with one attached hydrogen (secondary N) is 1. The first-order valence-electron chi connectivity index (χ1n) is 7.08. The lowest BCUT2D eigenvalue weighted by Crippen LogP contribution is -2.35. The van der Waals surface area contributed by atoms with Crippen LogP contribution in [-0.2, 0) is 11.3 Å². The van der Waals surface area contributed by atoms with Gasteiger partial charge in [-0.2, -0.15) is 0 Å². The maximum Gasteiger partial charge on any atom is 0.224 e. The molecule has 0 fully saturated rings. The van der Waals surface area contributed by atoms with Gasteiger partial charge in [0.1, 0.15) is 0 Å². The Morgan fingerprint density at radius 1 is 1.43 bits per heavy atom. The van der Waals surface area contributed by atoms with Crippen LogP contribution < -0.4 is 16.0 Å². The topological polar surface area (TPSA) is 71.2 Å². The van der Waals surface area contributed by atoms with E-state index in [1.807, 2.05) is 44.4 Å². The Bertz CT molecular complexity index is 641. The first-order chi connectivity index (χ1) is 10.1. The number of benzene rings is 1. The number of carbonyl (C=O) groups excluding carboxylic acids is 1. The van der Waals surface area contributed by atoms with Crippen molar-refractivity contribution in [3.8, 4) is 0 Å². The van der Waals surface area contributed by atoms with E-state index in [2.05, 4.69) is 15.2 Å². The molecule has 1 heterocycles. The minimum Gasteiger partial charge on any atom is -0.373 e. The Balaban J connectivity index is 2.41.